The number of nitrogens with zero attached hydrogens (tertiary/aromatic N) is 1. The molecule has 0 amide bonds. The maximum Gasteiger partial charge on any atom is 0.0991 e. The molecule has 0 spiro atoms. The molecule has 0 saturated heterocycles. The van der Waals surface area contributed by atoms with Gasteiger partial charge in [-0.2, -0.15) is 0 Å². The zero-order valence-electron chi connectivity index (χ0n) is 7.60. The van der Waals surface area contributed by atoms with Crippen molar-refractivity contribution in [2.75, 3.05) is 7.05 Å². The van der Waals surface area contributed by atoms with Gasteiger partial charge in [0.15, 0.2) is 0 Å². The number of hydrogen-bond donors (Lipinski definition) is 1. The van der Waals surface area contributed by atoms with E-state index in [1.807, 2.05) is 6.92 Å². The van der Waals surface area contributed by atoms with Crippen molar-refractivity contribution >= 4 is 5.71 Å². The second kappa shape index (κ2) is 6.40. The molecular formula is C8H17ErNO. The molecule has 11 heavy (non-hydrogen) atoms. The van der Waals surface area contributed by atoms with Gasteiger partial charge in [-0.25, -0.2) is 0 Å². The van der Waals surface area contributed by atoms with E-state index in [1.54, 1.807) is 14.0 Å². The Labute approximate surface area is 98.7 Å². The summed E-state index contributed by atoms with van der Waals surface area (Å²) in [6.45, 7) is 5.71. The molecule has 0 aromatic rings. The predicted molar refractivity (Wildman–Crippen MR) is 44.6 cm³/mol. The molecule has 2 nitrogen and oxygen atoms in total. The quantitative estimate of drug-likeness (QED) is 0.790. The van der Waals surface area contributed by atoms with E-state index in [4.69, 9.17) is 0 Å². The Morgan fingerprint density at radius 2 is 2.00 bits per heavy atom. The molecule has 0 aliphatic heterocycles. The van der Waals surface area contributed by atoms with Crippen molar-refractivity contribution in [3.63, 3.8) is 0 Å². The van der Waals surface area contributed by atoms with Gasteiger partial charge < -0.3 is 5.11 Å². The zero-order chi connectivity index (χ0) is 8.20. The van der Waals surface area contributed by atoms with Gasteiger partial charge in [0, 0.05) is 50.1 Å². The van der Waals surface area contributed by atoms with Gasteiger partial charge in [0.2, 0.25) is 0 Å². The average molecular weight is 310 g/mol. The average Bonchev–Trinajstić information content (AvgIpc) is 1.86. The van der Waals surface area contributed by atoms with Crippen LogP contribution in [0.3, 0.4) is 0 Å². The first kappa shape index (κ1) is 14.4. The second-order valence-corrected chi connectivity index (χ2v) is 2.83. The van der Waals surface area contributed by atoms with Crippen LogP contribution in [0.15, 0.2) is 4.99 Å². The zero-order valence-corrected chi connectivity index (χ0v) is 9.45. The Morgan fingerprint density at radius 1 is 1.55 bits per heavy atom. The third-order valence-electron chi connectivity index (χ3n) is 1.85. The van der Waals surface area contributed by atoms with Gasteiger partial charge in [0.1, 0.15) is 0 Å². The van der Waals surface area contributed by atoms with Crippen LogP contribution in [0.2, 0.25) is 0 Å². The fourth-order valence-electron chi connectivity index (χ4n) is 0.909. The van der Waals surface area contributed by atoms with Crippen molar-refractivity contribution in [2.24, 2.45) is 4.99 Å². The third-order valence-corrected chi connectivity index (χ3v) is 1.85. The summed E-state index contributed by atoms with van der Waals surface area (Å²) < 4.78 is 0. The fourth-order valence-corrected chi connectivity index (χ4v) is 0.909. The van der Waals surface area contributed by atoms with Crippen molar-refractivity contribution in [3.05, 3.63) is 0 Å². The minimum Gasteiger partial charge on any atom is -0.384 e. The van der Waals surface area contributed by atoms with Gasteiger partial charge >= 0.3 is 0 Å². The van der Waals surface area contributed by atoms with Gasteiger partial charge in [0.05, 0.1) is 5.60 Å². The minimum atomic E-state index is -0.691. The van der Waals surface area contributed by atoms with Crippen molar-refractivity contribution in [2.45, 2.75) is 39.2 Å². The normalized spacial score (nSPS) is 17.0. The number of hydrogen-bond acceptors (Lipinski definition) is 2. The SMILES string of the molecule is CCCC(C)(O)C(C)=NC.[Er]. The molecule has 0 rings (SSSR count). The summed E-state index contributed by atoms with van der Waals surface area (Å²) in [6.07, 6.45) is 1.77. The summed E-state index contributed by atoms with van der Waals surface area (Å²) in [5.74, 6) is 0. The second-order valence-electron chi connectivity index (χ2n) is 2.83. The van der Waals surface area contributed by atoms with Crippen molar-refractivity contribution in [1.29, 1.82) is 0 Å². The molecular weight excluding hydrogens is 293 g/mol. The number of aliphatic imine (C=N–C) groups is 1. The van der Waals surface area contributed by atoms with E-state index < -0.39 is 5.60 Å². The molecule has 3 heteroatoms. The summed E-state index contributed by atoms with van der Waals surface area (Å²) in [5, 5.41) is 9.65. The van der Waals surface area contributed by atoms with Crippen LogP contribution in [-0.4, -0.2) is 23.5 Å². The van der Waals surface area contributed by atoms with E-state index in [9.17, 15) is 5.11 Å². The van der Waals surface area contributed by atoms with Crippen LogP contribution in [0, 0.1) is 37.3 Å². The molecule has 0 fully saturated rings. The molecule has 0 aromatic carbocycles. The molecule has 1 unspecified atom stereocenters. The summed E-state index contributed by atoms with van der Waals surface area (Å²) in [4.78, 5) is 3.95. The Morgan fingerprint density at radius 3 is 2.27 bits per heavy atom. The molecule has 0 saturated carbocycles. The summed E-state index contributed by atoms with van der Waals surface area (Å²) in [5.41, 5.74) is 0.123. The van der Waals surface area contributed by atoms with Crippen LogP contribution >= 0.6 is 0 Å². The summed E-state index contributed by atoms with van der Waals surface area (Å²) in [7, 11) is 1.71. The van der Waals surface area contributed by atoms with Crippen molar-refractivity contribution < 1.29 is 42.4 Å². The summed E-state index contributed by atoms with van der Waals surface area (Å²) in [6, 6.07) is 0. The van der Waals surface area contributed by atoms with Crippen LogP contribution in [0.25, 0.3) is 0 Å². The summed E-state index contributed by atoms with van der Waals surface area (Å²) >= 11 is 0. The van der Waals surface area contributed by atoms with E-state index in [1.165, 1.54) is 0 Å². The fraction of sp³-hybridized carbons (Fsp3) is 0.875. The molecule has 0 radical (unpaired) electrons. The van der Waals surface area contributed by atoms with Gasteiger partial charge in [0.25, 0.3) is 0 Å². The van der Waals surface area contributed by atoms with Crippen LogP contribution in [-0.2, 0) is 0 Å². The maximum atomic E-state index is 9.65. The van der Waals surface area contributed by atoms with Crippen molar-refractivity contribution in [1.82, 2.24) is 0 Å². The molecule has 1 atom stereocenters. The molecule has 0 heterocycles. The van der Waals surface area contributed by atoms with Crippen LogP contribution in [0.1, 0.15) is 33.6 Å². The smallest absolute Gasteiger partial charge is 0.0991 e. The minimum absolute atomic E-state index is 0. The maximum absolute atomic E-state index is 9.65. The molecule has 0 aliphatic carbocycles. The van der Waals surface area contributed by atoms with E-state index >= 15 is 0 Å². The monoisotopic (exact) mass is 309 g/mol. The van der Waals surface area contributed by atoms with E-state index in [0.29, 0.717) is 0 Å². The van der Waals surface area contributed by atoms with E-state index in [-0.39, 0.29) is 37.3 Å². The van der Waals surface area contributed by atoms with Gasteiger partial charge in [-0.15, -0.1) is 0 Å². The Kier molecular flexibility index (Phi) is 8.38. The van der Waals surface area contributed by atoms with Gasteiger partial charge in [-0.3, -0.25) is 4.99 Å². The molecule has 1 N–H and O–H groups in total. The molecule has 0 bridgehead atoms. The van der Waals surface area contributed by atoms with Gasteiger partial charge in [-0.05, 0) is 20.3 Å². The predicted octanol–water partition coefficient (Wildman–Crippen LogP) is 1.63. The Balaban J connectivity index is 0. The Hall–Kier alpha value is 0.877. The molecule has 72 valence electrons. The largest absolute Gasteiger partial charge is 0.384 e. The van der Waals surface area contributed by atoms with Gasteiger partial charge in [-0.1, -0.05) is 13.3 Å². The first-order valence-electron chi connectivity index (χ1n) is 3.71. The van der Waals surface area contributed by atoms with Crippen LogP contribution in [0.4, 0.5) is 0 Å². The topological polar surface area (TPSA) is 32.6 Å². The molecule has 0 aliphatic rings. The standard InChI is InChI=1S/C8H17NO.Er/c1-5-6-8(3,10)7(2)9-4;/h10H,5-6H2,1-4H3;. The van der Waals surface area contributed by atoms with E-state index in [0.717, 1.165) is 18.6 Å². The first-order valence-corrected chi connectivity index (χ1v) is 3.71. The van der Waals surface area contributed by atoms with Crippen LogP contribution in [0.5, 0.6) is 0 Å². The van der Waals surface area contributed by atoms with Crippen LogP contribution < -0.4 is 0 Å². The number of rotatable bonds is 3. The van der Waals surface area contributed by atoms with Crippen molar-refractivity contribution in [3.8, 4) is 0 Å². The van der Waals surface area contributed by atoms with E-state index in [2.05, 4.69) is 11.9 Å². The Bertz CT molecular complexity index is 132. The molecule has 0 aromatic heterocycles. The first-order chi connectivity index (χ1) is 4.54. The number of aliphatic hydroxyl groups is 1. The third kappa shape index (κ3) is 5.17.